The van der Waals surface area contributed by atoms with E-state index in [1.165, 1.54) is 5.57 Å². The van der Waals surface area contributed by atoms with Crippen molar-refractivity contribution in [1.82, 2.24) is 0 Å². The quantitative estimate of drug-likeness (QED) is 0.521. The fourth-order valence-electron chi connectivity index (χ4n) is 8.85. The summed E-state index contributed by atoms with van der Waals surface area (Å²) in [5.41, 5.74) is 0.126. The van der Waals surface area contributed by atoms with E-state index in [-0.39, 0.29) is 16.6 Å². The molecule has 7 aliphatic rings. The summed E-state index contributed by atoms with van der Waals surface area (Å²) >= 11 is 0. The van der Waals surface area contributed by atoms with Crippen molar-refractivity contribution in [3.63, 3.8) is 0 Å². The van der Waals surface area contributed by atoms with Crippen LogP contribution in [0.1, 0.15) is 65.2 Å². The van der Waals surface area contributed by atoms with Gasteiger partial charge in [-0.2, -0.15) is 0 Å². The van der Waals surface area contributed by atoms with Crippen LogP contribution in [0.4, 0.5) is 0 Å². The van der Waals surface area contributed by atoms with E-state index in [0.717, 1.165) is 51.4 Å². The lowest BCUT2D eigenvalue weighted by molar-refractivity contribution is -0.293. The topological polar surface area (TPSA) is 69.7 Å². The monoisotopic (exact) mass is 418 g/mol. The van der Waals surface area contributed by atoms with Crippen LogP contribution in [0.3, 0.4) is 0 Å². The molecule has 3 saturated heterocycles. The molecule has 7 rings (SSSR count). The lowest BCUT2D eigenvalue weighted by atomic mass is 9.52. The molecule has 3 aliphatic heterocycles. The summed E-state index contributed by atoms with van der Waals surface area (Å²) in [6.45, 7) is 6.76. The SMILES string of the molecule is CC1([C@@]2(O)CCC3C4CC[C@@]56CC7(CC[C@@]5(O6)C4=CCC32C)OCCO7)OCCO1. The second kappa shape index (κ2) is 5.52. The normalized spacial score (nSPS) is 54.8. The molecule has 6 nitrogen and oxygen atoms in total. The van der Waals surface area contributed by atoms with Crippen LogP contribution in [-0.4, -0.2) is 59.9 Å². The molecule has 0 bridgehead atoms. The van der Waals surface area contributed by atoms with Gasteiger partial charge in [-0.3, -0.25) is 0 Å². The maximum Gasteiger partial charge on any atom is 0.195 e. The van der Waals surface area contributed by atoms with Crippen molar-refractivity contribution in [3.8, 4) is 0 Å². The Bertz CT molecular complexity index is 813. The Morgan fingerprint density at radius 3 is 2.40 bits per heavy atom. The first-order valence-electron chi connectivity index (χ1n) is 12.0. The van der Waals surface area contributed by atoms with E-state index in [0.29, 0.717) is 38.3 Å². The molecule has 166 valence electrons. The van der Waals surface area contributed by atoms with Gasteiger partial charge in [-0.1, -0.05) is 13.0 Å². The first-order chi connectivity index (χ1) is 14.3. The van der Waals surface area contributed by atoms with Gasteiger partial charge in [0.25, 0.3) is 0 Å². The van der Waals surface area contributed by atoms with Gasteiger partial charge in [0.2, 0.25) is 0 Å². The lowest BCUT2D eigenvalue weighted by Crippen LogP contribution is -2.62. The minimum atomic E-state index is -0.956. The molecule has 6 atom stereocenters. The molecular weight excluding hydrogens is 384 g/mol. The summed E-state index contributed by atoms with van der Waals surface area (Å²) in [4.78, 5) is 0. The summed E-state index contributed by atoms with van der Waals surface area (Å²) in [5, 5.41) is 12.0. The molecule has 6 fully saturated rings. The maximum atomic E-state index is 12.0. The van der Waals surface area contributed by atoms with Gasteiger partial charge in [-0.15, -0.1) is 0 Å². The number of epoxide rings is 1. The molecular formula is C24H34O6. The molecule has 3 heterocycles. The van der Waals surface area contributed by atoms with Crippen molar-refractivity contribution in [2.24, 2.45) is 17.3 Å². The number of fused-ring (bicyclic) bond motifs is 3. The summed E-state index contributed by atoms with van der Waals surface area (Å²) in [6.07, 6.45) is 10.0. The Morgan fingerprint density at radius 2 is 1.63 bits per heavy atom. The number of allylic oxidation sites excluding steroid dienone is 1. The Labute approximate surface area is 178 Å². The molecule has 0 aromatic carbocycles. The highest BCUT2D eigenvalue weighted by Crippen LogP contribution is 2.74. The van der Waals surface area contributed by atoms with Crippen molar-refractivity contribution in [1.29, 1.82) is 0 Å². The zero-order valence-corrected chi connectivity index (χ0v) is 18.2. The van der Waals surface area contributed by atoms with E-state index in [9.17, 15) is 5.11 Å². The number of hydrogen-bond donors (Lipinski definition) is 1. The summed E-state index contributed by atoms with van der Waals surface area (Å²) < 4.78 is 30.8. The Balaban J connectivity index is 1.23. The van der Waals surface area contributed by atoms with Gasteiger partial charge >= 0.3 is 0 Å². The van der Waals surface area contributed by atoms with Gasteiger partial charge in [0.1, 0.15) is 16.8 Å². The third kappa shape index (κ3) is 1.95. The third-order valence-corrected chi connectivity index (χ3v) is 10.4. The van der Waals surface area contributed by atoms with E-state index in [1.807, 2.05) is 6.92 Å². The molecule has 30 heavy (non-hydrogen) atoms. The van der Waals surface area contributed by atoms with Crippen molar-refractivity contribution in [2.45, 2.75) is 93.6 Å². The fourth-order valence-corrected chi connectivity index (χ4v) is 8.85. The van der Waals surface area contributed by atoms with Crippen LogP contribution >= 0.6 is 0 Å². The molecule has 6 heteroatoms. The molecule has 0 aromatic heterocycles. The van der Waals surface area contributed by atoms with Crippen LogP contribution in [0.15, 0.2) is 11.6 Å². The van der Waals surface area contributed by atoms with Crippen molar-refractivity contribution >= 4 is 0 Å². The maximum absolute atomic E-state index is 12.0. The molecule has 0 aromatic rings. The molecule has 3 unspecified atom stereocenters. The minimum Gasteiger partial charge on any atom is -0.384 e. The molecule has 0 amide bonds. The Morgan fingerprint density at radius 1 is 0.900 bits per heavy atom. The number of rotatable bonds is 1. The van der Waals surface area contributed by atoms with Gasteiger partial charge in [0, 0.05) is 18.3 Å². The highest BCUT2D eigenvalue weighted by molar-refractivity contribution is 5.43. The highest BCUT2D eigenvalue weighted by Gasteiger charge is 2.80. The summed E-state index contributed by atoms with van der Waals surface area (Å²) in [6, 6.07) is 0. The van der Waals surface area contributed by atoms with Crippen LogP contribution in [0, 0.1) is 17.3 Å². The summed E-state index contributed by atoms with van der Waals surface area (Å²) in [5.74, 6) is -0.379. The Kier molecular flexibility index (Phi) is 3.50. The lowest BCUT2D eigenvalue weighted by Gasteiger charge is -2.55. The second-order valence-corrected chi connectivity index (χ2v) is 11.3. The second-order valence-electron chi connectivity index (χ2n) is 11.3. The Hall–Kier alpha value is -0.500. The first-order valence-corrected chi connectivity index (χ1v) is 12.0. The predicted octanol–water partition coefficient (Wildman–Crippen LogP) is 3.07. The van der Waals surface area contributed by atoms with Gasteiger partial charge < -0.3 is 28.8 Å². The highest BCUT2D eigenvalue weighted by atomic mass is 16.8. The van der Waals surface area contributed by atoms with Gasteiger partial charge in [0.15, 0.2) is 11.6 Å². The average Bonchev–Trinajstić information content (AvgIpc) is 3.04. The minimum absolute atomic E-state index is 0.0930. The number of aliphatic hydroxyl groups is 1. The molecule has 3 saturated carbocycles. The van der Waals surface area contributed by atoms with Gasteiger partial charge in [-0.25, -0.2) is 0 Å². The van der Waals surface area contributed by atoms with Crippen LogP contribution < -0.4 is 0 Å². The van der Waals surface area contributed by atoms with Crippen LogP contribution in [0.2, 0.25) is 0 Å². The van der Waals surface area contributed by atoms with E-state index in [1.54, 1.807) is 0 Å². The number of ether oxygens (including phenoxy) is 5. The van der Waals surface area contributed by atoms with Crippen molar-refractivity contribution in [3.05, 3.63) is 11.6 Å². The van der Waals surface area contributed by atoms with Crippen molar-refractivity contribution in [2.75, 3.05) is 26.4 Å². The fraction of sp³-hybridized carbons (Fsp3) is 0.917. The van der Waals surface area contributed by atoms with Crippen LogP contribution in [-0.2, 0) is 23.7 Å². The van der Waals surface area contributed by atoms with E-state index >= 15 is 0 Å². The summed E-state index contributed by atoms with van der Waals surface area (Å²) in [7, 11) is 0. The van der Waals surface area contributed by atoms with Crippen molar-refractivity contribution < 1.29 is 28.8 Å². The zero-order valence-electron chi connectivity index (χ0n) is 18.2. The molecule has 0 radical (unpaired) electrons. The molecule has 1 N–H and O–H groups in total. The largest absolute Gasteiger partial charge is 0.384 e. The van der Waals surface area contributed by atoms with E-state index < -0.39 is 17.2 Å². The average molecular weight is 419 g/mol. The third-order valence-electron chi connectivity index (χ3n) is 10.4. The first kappa shape index (κ1) is 19.0. The molecule has 4 aliphatic carbocycles. The zero-order chi connectivity index (χ0) is 20.5. The molecule has 1 spiro atoms. The van der Waals surface area contributed by atoms with Gasteiger partial charge in [-0.05, 0) is 62.9 Å². The van der Waals surface area contributed by atoms with Gasteiger partial charge in [0.05, 0.1) is 26.4 Å². The standard InChI is InChI=1S/C24H34O6/c1-19-6-4-18-16(17(19)5-8-24(19,25)20(2)26-11-12-27-20)3-7-21-15-22(28-13-14-29-22)9-10-23(18,21)30-21/h4,16-17,25H,3,5-15H2,1-2H3/t16?,17?,19?,21-,23-,24-/m1/s1. The van der Waals surface area contributed by atoms with Crippen LogP contribution in [0.25, 0.3) is 0 Å². The smallest absolute Gasteiger partial charge is 0.195 e. The predicted molar refractivity (Wildman–Crippen MR) is 107 cm³/mol. The van der Waals surface area contributed by atoms with E-state index in [4.69, 9.17) is 23.7 Å². The van der Waals surface area contributed by atoms with E-state index in [2.05, 4.69) is 13.0 Å². The van der Waals surface area contributed by atoms with Crippen LogP contribution in [0.5, 0.6) is 0 Å². The number of hydrogen-bond acceptors (Lipinski definition) is 6.